The van der Waals surface area contributed by atoms with Crippen molar-refractivity contribution in [3.8, 4) is 0 Å². The van der Waals surface area contributed by atoms with E-state index in [0.29, 0.717) is 18.9 Å². The molecule has 0 radical (unpaired) electrons. The molecule has 3 N–H and O–H groups in total. The van der Waals surface area contributed by atoms with Gasteiger partial charge in [-0.3, -0.25) is 4.79 Å². The summed E-state index contributed by atoms with van der Waals surface area (Å²) in [5, 5.41) is 20.4. The van der Waals surface area contributed by atoms with Gasteiger partial charge in [-0.25, -0.2) is 4.79 Å². The van der Waals surface area contributed by atoms with E-state index >= 15 is 0 Å². The molecular formula is C14H26N2O4. The van der Waals surface area contributed by atoms with Gasteiger partial charge in [-0.2, -0.15) is 0 Å². The van der Waals surface area contributed by atoms with Crippen molar-refractivity contribution in [2.45, 2.75) is 44.9 Å². The quantitative estimate of drug-likeness (QED) is 0.589. The van der Waals surface area contributed by atoms with Crippen LogP contribution in [-0.2, 0) is 4.79 Å². The first kappa shape index (κ1) is 16.8. The number of aliphatic hydroxyl groups excluding tert-OH is 1. The molecule has 1 heterocycles. The Labute approximate surface area is 120 Å². The molecule has 1 aliphatic heterocycles. The zero-order valence-electron chi connectivity index (χ0n) is 12.0. The first-order valence-electron chi connectivity index (χ1n) is 7.49. The molecular weight excluding hydrogens is 260 g/mol. The molecule has 0 saturated carbocycles. The summed E-state index contributed by atoms with van der Waals surface area (Å²) in [5.74, 6) is -0.405. The van der Waals surface area contributed by atoms with Crippen molar-refractivity contribution in [3.05, 3.63) is 0 Å². The van der Waals surface area contributed by atoms with E-state index in [1.54, 1.807) is 4.90 Å². The number of rotatable bonds is 8. The van der Waals surface area contributed by atoms with Gasteiger partial charge >= 0.3 is 12.0 Å². The number of carbonyl (C=O) groups is 2. The Morgan fingerprint density at radius 1 is 1.10 bits per heavy atom. The van der Waals surface area contributed by atoms with Crippen LogP contribution in [0.3, 0.4) is 0 Å². The average molecular weight is 286 g/mol. The molecule has 1 saturated heterocycles. The number of likely N-dealkylation sites (tertiary alicyclic amines) is 1. The maximum Gasteiger partial charge on any atom is 0.317 e. The van der Waals surface area contributed by atoms with E-state index in [1.807, 2.05) is 0 Å². The van der Waals surface area contributed by atoms with Crippen LogP contribution in [0.4, 0.5) is 4.79 Å². The Morgan fingerprint density at radius 2 is 1.75 bits per heavy atom. The summed E-state index contributed by atoms with van der Waals surface area (Å²) in [6.07, 6.45) is 5.41. The lowest BCUT2D eigenvalue weighted by atomic mass is 9.98. The van der Waals surface area contributed by atoms with Crippen molar-refractivity contribution in [3.63, 3.8) is 0 Å². The van der Waals surface area contributed by atoms with Gasteiger partial charge in [0.05, 0.1) is 0 Å². The molecule has 20 heavy (non-hydrogen) atoms. The van der Waals surface area contributed by atoms with Gasteiger partial charge in [0.2, 0.25) is 0 Å². The highest BCUT2D eigenvalue weighted by Crippen LogP contribution is 2.16. The van der Waals surface area contributed by atoms with Crippen LogP contribution < -0.4 is 5.32 Å². The molecule has 0 aliphatic carbocycles. The summed E-state index contributed by atoms with van der Waals surface area (Å²) in [6.45, 7) is 2.29. The molecule has 0 aromatic carbocycles. The van der Waals surface area contributed by atoms with Gasteiger partial charge in [0.15, 0.2) is 0 Å². The van der Waals surface area contributed by atoms with Crippen LogP contribution in [0, 0.1) is 5.92 Å². The van der Waals surface area contributed by atoms with E-state index in [-0.39, 0.29) is 19.1 Å². The second-order valence-corrected chi connectivity index (χ2v) is 5.40. The minimum atomic E-state index is -0.746. The summed E-state index contributed by atoms with van der Waals surface area (Å²) in [7, 11) is 0. The lowest BCUT2D eigenvalue weighted by Crippen LogP contribution is -2.45. The van der Waals surface area contributed by atoms with E-state index in [2.05, 4.69) is 5.32 Å². The van der Waals surface area contributed by atoms with Gasteiger partial charge in [0, 0.05) is 32.7 Å². The molecule has 6 heteroatoms. The second kappa shape index (κ2) is 9.58. The van der Waals surface area contributed by atoms with Crippen molar-refractivity contribution >= 4 is 12.0 Å². The molecule has 1 rings (SSSR count). The Kier molecular flexibility index (Phi) is 8.02. The highest BCUT2D eigenvalue weighted by atomic mass is 16.4. The Hall–Kier alpha value is -1.30. The van der Waals surface area contributed by atoms with Gasteiger partial charge in [-0.05, 0) is 31.6 Å². The number of urea groups is 1. The second-order valence-electron chi connectivity index (χ2n) is 5.40. The third-order valence-electron chi connectivity index (χ3n) is 3.75. The van der Waals surface area contributed by atoms with Crippen LogP contribution in [0.2, 0.25) is 0 Å². The van der Waals surface area contributed by atoms with Gasteiger partial charge in [0.1, 0.15) is 0 Å². The van der Waals surface area contributed by atoms with Gasteiger partial charge in [-0.1, -0.05) is 12.8 Å². The number of nitrogens with one attached hydrogen (secondary N) is 1. The number of amides is 2. The topological polar surface area (TPSA) is 89.9 Å². The molecule has 0 bridgehead atoms. The van der Waals surface area contributed by atoms with Crippen LogP contribution in [0.25, 0.3) is 0 Å². The van der Waals surface area contributed by atoms with Crippen LogP contribution in [-0.4, -0.2) is 53.4 Å². The number of carboxylic acid groups (broad SMARTS) is 1. The van der Waals surface area contributed by atoms with Crippen molar-refractivity contribution in [2.24, 2.45) is 5.92 Å². The molecule has 0 aromatic rings. The predicted molar refractivity (Wildman–Crippen MR) is 75.5 cm³/mol. The number of piperidine rings is 1. The summed E-state index contributed by atoms with van der Waals surface area (Å²) in [5.41, 5.74) is 0. The predicted octanol–water partition coefficient (Wildman–Crippen LogP) is 1.44. The van der Waals surface area contributed by atoms with Crippen molar-refractivity contribution < 1.29 is 19.8 Å². The van der Waals surface area contributed by atoms with Crippen molar-refractivity contribution in [1.29, 1.82) is 0 Å². The monoisotopic (exact) mass is 286 g/mol. The van der Waals surface area contributed by atoms with Gasteiger partial charge < -0.3 is 20.4 Å². The smallest absolute Gasteiger partial charge is 0.317 e. The Morgan fingerprint density at radius 3 is 2.35 bits per heavy atom. The minimum Gasteiger partial charge on any atom is -0.481 e. The van der Waals surface area contributed by atoms with E-state index in [1.165, 1.54) is 0 Å². The highest BCUT2D eigenvalue weighted by Gasteiger charge is 2.21. The fourth-order valence-electron chi connectivity index (χ4n) is 2.38. The lowest BCUT2D eigenvalue weighted by molar-refractivity contribution is -0.137. The first-order valence-corrected chi connectivity index (χ1v) is 7.49. The molecule has 1 fully saturated rings. The zero-order chi connectivity index (χ0) is 14.8. The van der Waals surface area contributed by atoms with E-state index < -0.39 is 5.97 Å². The standard InChI is InChI=1S/C14H26N2O4/c17-11-12-6-9-16(10-7-12)14(20)15-8-4-2-1-3-5-13(18)19/h12,17H,1-11H2,(H,15,20)(H,18,19). The third kappa shape index (κ3) is 6.75. The van der Waals surface area contributed by atoms with Crippen LogP contribution >= 0.6 is 0 Å². The van der Waals surface area contributed by atoms with Gasteiger partial charge in [0.25, 0.3) is 0 Å². The average Bonchev–Trinajstić information content (AvgIpc) is 2.45. The molecule has 1 aliphatic rings. The lowest BCUT2D eigenvalue weighted by Gasteiger charge is -2.31. The number of carbonyl (C=O) groups excluding carboxylic acids is 1. The zero-order valence-corrected chi connectivity index (χ0v) is 12.0. The van der Waals surface area contributed by atoms with Crippen molar-refractivity contribution in [1.82, 2.24) is 10.2 Å². The minimum absolute atomic E-state index is 0.0214. The Balaban J connectivity index is 1.99. The molecule has 0 spiro atoms. The molecule has 0 aromatic heterocycles. The molecule has 116 valence electrons. The summed E-state index contributed by atoms with van der Waals surface area (Å²) < 4.78 is 0. The summed E-state index contributed by atoms with van der Waals surface area (Å²) >= 11 is 0. The molecule has 0 atom stereocenters. The number of hydrogen-bond acceptors (Lipinski definition) is 3. The number of carboxylic acids is 1. The van der Waals surface area contributed by atoms with Crippen molar-refractivity contribution in [2.75, 3.05) is 26.2 Å². The van der Waals surface area contributed by atoms with Crippen LogP contribution in [0.1, 0.15) is 44.9 Å². The largest absolute Gasteiger partial charge is 0.481 e. The van der Waals surface area contributed by atoms with Crippen LogP contribution in [0.15, 0.2) is 0 Å². The number of aliphatic hydroxyl groups is 1. The number of nitrogens with zero attached hydrogens (tertiary/aromatic N) is 1. The van der Waals surface area contributed by atoms with Crippen LogP contribution in [0.5, 0.6) is 0 Å². The number of hydrogen-bond donors (Lipinski definition) is 3. The SMILES string of the molecule is O=C(O)CCCCCCNC(=O)N1CCC(CO)CC1. The first-order chi connectivity index (χ1) is 9.63. The van der Waals surface area contributed by atoms with E-state index in [0.717, 1.165) is 45.2 Å². The fourth-order valence-corrected chi connectivity index (χ4v) is 2.38. The maximum absolute atomic E-state index is 11.8. The third-order valence-corrected chi connectivity index (χ3v) is 3.75. The van der Waals surface area contributed by atoms with E-state index in [9.17, 15) is 9.59 Å². The number of aliphatic carboxylic acids is 1. The fraction of sp³-hybridized carbons (Fsp3) is 0.857. The molecule has 0 unspecified atom stereocenters. The molecule has 6 nitrogen and oxygen atoms in total. The highest BCUT2D eigenvalue weighted by molar-refractivity contribution is 5.74. The molecule has 2 amide bonds. The summed E-state index contributed by atoms with van der Waals surface area (Å²) in [6, 6.07) is -0.0214. The van der Waals surface area contributed by atoms with Gasteiger partial charge in [-0.15, -0.1) is 0 Å². The number of unbranched alkanes of at least 4 members (excludes halogenated alkanes) is 3. The van der Waals surface area contributed by atoms with E-state index in [4.69, 9.17) is 10.2 Å². The summed E-state index contributed by atoms with van der Waals surface area (Å²) in [4.78, 5) is 24.0. The Bertz CT molecular complexity index is 302. The maximum atomic E-state index is 11.8. The normalized spacial score (nSPS) is 16.1.